The standard InChI is InChI=1S/C41H55N3O9S/c1-31-7-14-35(15-8-31)54(46,47)44-26-38(52-29-33-11-16-37-36(25-33)42(20-22-51-37)19-6-21-48-2)41(34-12-9-32(10-13-34)28-50-24-23-49-3)39(27-44)53-30-40(45)43-17-4-5-18-43/h7-16,25,38-39,41H,4-6,17-24,26-30H2,1-3H3/t38-,39+,41+/m0/s1. The second-order valence-corrected chi connectivity index (χ2v) is 16.2. The van der Waals surface area contributed by atoms with Crippen LogP contribution >= 0.6 is 0 Å². The first-order chi connectivity index (χ1) is 26.3. The van der Waals surface area contributed by atoms with Gasteiger partial charge in [0.05, 0.1) is 55.8 Å². The molecule has 1 amide bonds. The van der Waals surface area contributed by atoms with E-state index in [1.807, 2.05) is 48.2 Å². The molecule has 6 rings (SSSR count). The Morgan fingerprint density at radius 3 is 2.24 bits per heavy atom. The number of hydrogen-bond acceptors (Lipinski definition) is 10. The van der Waals surface area contributed by atoms with Gasteiger partial charge in [0, 0.05) is 59.5 Å². The van der Waals surface area contributed by atoms with Crippen molar-refractivity contribution in [2.24, 2.45) is 0 Å². The summed E-state index contributed by atoms with van der Waals surface area (Å²) in [6, 6.07) is 21.1. The molecule has 13 heteroatoms. The zero-order valence-electron chi connectivity index (χ0n) is 31.8. The molecule has 2 saturated heterocycles. The van der Waals surface area contributed by atoms with Crippen molar-refractivity contribution in [2.45, 2.75) is 62.4 Å². The number of nitrogens with zero attached hydrogens (tertiary/aromatic N) is 3. The van der Waals surface area contributed by atoms with Crippen molar-refractivity contribution in [3.05, 3.63) is 89.0 Å². The lowest BCUT2D eigenvalue weighted by atomic mass is 9.85. The molecule has 12 nitrogen and oxygen atoms in total. The van der Waals surface area contributed by atoms with Crippen LogP contribution in [0.2, 0.25) is 0 Å². The van der Waals surface area contributed by atoms with Gasteiger partial charge in [-0.1, -0.05) is 48.0 Å². The number of carbonyl (C=O) groups is 1. The molecule has 54 heavy (non-hydrogen) atoms. The van der Waals surface area contributed by atoms with Gasteiger partial charge < -0.3 is 38.2 Å². The number of fused-ring (bicyclic) bond motifs is 1. The number of carbonyl (C=O) groups excluding carboxylic acids is 1. The van der Waals surface area contributed by atoms with Crippen molar-refractivity contribution in [2.75, 3.05) is 91.4 Å². The van der Waals surface area contributed by atoms with Crippen molar-refractivity contribution in [1.29, 1.82) is 0 Å². The van der Waals surface area contributed by atoms with E-state index in [2.05, 4.69) is 11.0 Å². The van der Waals surface area contributed by atoms with Crippen LogP contribution in [0.15, 0.2) is 71.6 Å². The maximum absolute atomic E-state index is 14.2. The van der Waals surface area contributed by atoms with Gasteiger partial charge in [-0.15, -0.1) is 0 Å². The van der Waals surface area contributed by atoms with Gasteiger partial charge in [0.15, 0.2) is 0 Å². The van der Waals surface area contributed by atoms with Crippen molar-refractivity contribution in [1.82, 2.24) is 9.21 Å². The molecule has 0 bridgehead atoms. The van der Waals surface area contributed by atoms with Crippen molar-refractivity contribution in [3.63, 3.8) is 0 Å². The molecule has 0 radical (unpaired) electrons. The number of piperidine rings is 1. The third kappa shape index (κ3) is 10.2. The van der Waals surface area contributed by atoms with Crippen LogP contribution in [0.3, 0.4) is 0 Å². The highest BCUT2D eigenvalue weighted by molar-refractivity contribution is 7.89. The van der Waals surface area contributed by atoms with E-state index in [1.54, 1.807) is 38.5 Å². The Labute approximate surface area is 320 Å². The minimum atomic E-state index is -3.92. The Bertz CT molecular complexity index is 1750. The smallest absolute Gasteiger partial charge is 0.248 e. The first kappa shape index (κ1) is 40.1. The monoisotopic (exact) mass is 765 g/mol. The van der Waals surface area contributed by atoms with Gasteiger partial charge in [-0.25, -0.2) is 8.42 Å². The number of hydrogen-bond donors (Lipinski definition) is 0. The van der Waals surface area contributed by atoms with E-state index in [-0.39, 0.29) is 43.0 Å². The quantitative estimate of drug-likeness (QED) is 0.168. The maximum atomic E-state index is 14.2. The summed E-state index contributed by atoms with van der Waals surface area (Å²) in [4.78, 5) is 17.6. The van der Waals surface area contributed by atoms with E-state index < -0.39 is 22.2 Å². The Hall–Kier alpha value is -3.56. The molecule has 0 aliphatic carbocycles. The van der Waals surface area contributed by atoms with Gasteiger partial charge in [-0.05, 0) is 67.1 Å². The fraction of sp³-hybridized carbons (Fsp3) is 0.537. The minimum Gasteiger partial charge on any atom is -0.490 e. The maximum Gasteiger partial charge on any atom is 0.248 e. The molecular formula is C41H55N3O9S. The predicted octanol–water partition coefficient (Wildman–Crippen LogP) is 4.77. The number of anilines is 1. The number of methoxy groups -OCH3 is 2. The van der Waals surface area contributed by atoms with Gasteiger partial charge in [0.1, 0.15) is 19.0 Å². The Morgan fingerprint density at radius 1 is 0.815 bits per heavy atom. The predicted molar refractivity (Wildman–Crippen MR) is 205 cm³/mol. The molecule has 0 unspecified atom stereocenters. The highest BCUT2D eigenvalue weighted by atomic mass is 32.2. The molecule has 0 N–H and O–H groups in total. The lowest BCUT2D eigenvalue weighted by molar-refractivity contribution is -0.141. The van der Waals surface area contributed by atoms with Crippen molar-refractivity contribution >= 4 is 21.6 Å². The summed E-state index contributed by atoms with van der Waals surface area (Å²) < 4.78 is 65.4. The van der Waals surface area contributed by atoms with E-state index in [0.717, 1.165) is 66.0 Å². The number of aryl methyl sites for hydroxylation is 1. The largest absolute Gasteiger partial charge is 0.490 e. The second kappa shape index (κ2) is 19.3. The van der Waals surface area contributed by atoms with Crippen LogP contribution in [0.4, 0.5) is 5.69 Å². The van der Waals surface area contributed by atoms with Crippen LogP contribution in [0.5, 0.6) is 5.75 Å². The normalized spacial score (nSPS) is 20.5. The molecule has 294 valence electrons. The number of rotatable bonds is 18. The fourth-order valence-corrected chi connectivity index (χ4v) is 8.85. The molecule has 3 heterocycles. The van der Waals surface area contributed by atoms with Gasteiger partial charge in [-0.2, -0.15) is 4.31 Å². The number of ether oxygens (including phenoxy) is 6. The van der Waals surface area contributed by atoms with Gasteiger partial charge in [-0.3, -0.25) is 4.79 Å². The highest BCUT2D eigenvalue weighted by Crippen LogP contribution is 2.37. The van der Waals surface area contributed by atoms with Gasteiger partial charge >= 0.3 is 0 Å². The Morgan fingerprint density at radius 2 is 1.52 bits per heavy atom. The third-order valence-electron chi connectivity index (χ3n) is 10.4. The van der Waals surface area contributed by atoms with E-state index in [9.17, 15) is 13.2 Å². The summed E-state index contributed by atoms with van der Waals surface area (Å²) in [5.74, 6) is 0.378. The van der Waals surface area contributed by atoms with Crippen LogP contribution in [-0.2, 0) is 51.7 Å². The summed E-state index contributed by atoms with van der Waals surface area (Å²) in [5.41, 5.74) is 4.86. The first-order valence-electron chi connectivity index (χ1n) is 19.0. The van der Waals surface area contributed by atoms with E-state index in [1.165, 1.54) is 4.31 Å². The average Bonchev–Trinajstić information content (AvgIpc) is 3.74. The summed E-state index contributed by atoms with van der Waals surface area (Å²) >= 11 is 0. The lowest BCUT2D eigenvalue weighted by Crippen LogP contribution is -2.55. The molecule has 3 aromatic rings. The third-order valence-corrected chi connectivity index (χ3v) is 12.2. The topological polar surface area (TPSA) is 116 Å². The number of likely N-dealkylation sites (tertiary alicyclic amines) is 1. The highest BCUT2D eigenvalue weighted by Gasteiger charge is 2.44. The second-order valence-electron chi connectivity index (χ2n) is 14.2. The Balaban J connectivity index is 1.30. The van der Waals surface area contributed by atoms with Crippen LogP contribution in [-0.4, -0.2) is 122 Å². The molecule has 3 aromatic carbocycles. The summed E-state index contributed by atoms with van der Waals surface area (Å²) in [5, 5.41) is 0. The number of benzene rings is 3. The van der Waals surface area contributed by atoms with Crippen molar-refractivity contribution in [3.8, 4) is 5.75 Å². The first-order valence-corrected chi connectivity index (χ1v) is 20.4. The molecule has 0 aromatic heterocycles. The van der Waals surface area contributed by atoms with Gasteiger partial charge in [0.25, 0.3) is 0 Å². The van der Waals surface area contributed by atoms with Gasteiger partial charge in [0.2, 0.25) is 15.9 Å². The van der Waals surface area contributed by atoms with E-state index >= 15 is 0 Å². The Kier molecular flexibility index (Phi) is 14.4. The van der Waals surface area contributed by atoms with E-state index in [4.69, 9.17) is 28.4 Å². The molecule has 3 atom stereocenters. The lowest BCUT2D eigenvalue weighted by Gasteiger charge is -2.43. The summed E-state index contributed by atoms with van der Waals surface area (Å²) in [6.45, 7) is 7.98. The van der Waals surface area contributed by atoms with Crippen LogP contribution < -0.4 is 9.64 Å². The van der Waals surface area contributed by atoms with Crippen molar-refractivity contribution < 1.29 is 41.6 Å². The molecular weight excluding hydrogens is 711 g/mol. The van der Waals surface area contributed by atoms with Crippen LogP contribution in [0.1, 0.15) is 47.4 Å². The summed E-state index contributed by atoms with van der Waals surface area (Å²) in [6.07, 6.45) is 1.58. The van der Waals surface area contributed by atoms with E-state index in [0.29, 0.717) is 46.1 Å². The minimum absolute atomic E-state index is 0.0719. The molecule has 3 aliphatic heterocycles. The number of amides is 1. The molecule has 2 fully saturated rings. The zero-order valence-corrected chi connectivity index (χ0v) is 32.6. The number of sulfonamides is 1. The average molecular weight is 766 g/mol. The molecule has 0 saturated carbocycles. The zero-order chi connectivity index (χ0) is 37.9. The molecule has 0 spiro atoms. The van der Waals surface area contributed by atoms with Crippen LogP contribution in [0.25, 0.3) is 0 Å². The van der Waals surface area contributed by atoms with Crippen LogP contribution in [0, 0.1) is 6.92 Å². The SMILES string of the molecule is COCCCN1CCOc2ccc(CO[C@H]3CN(S(=O)(=O)c4ccc(C)cc4)C[C@@H](OCC(=O)N4CCCC4)[C@@H]3c3ccc(COCCOC)cc3)cc21. The molecule has 3 aliphatic rings. The fourth-order valence-electron chi connectivity index (χ4n) is 7.39. The summed E-state index contributed by atoms with van der Waals surface area (Å²) in [7, 11) is -0.568.